The number of urea groups is 2. The number of rotatable bonds is 82. The molecule has 748 valence electrons. The summed E-state index contributed by atoms with van der Waals surface area (Å²) in [5.41, 5.74) is 9.28. The van der Waals surface area contributed by atoms with Gasteiger partial charge in [-0.05, 0) is 137 Å². The van der Waals surface area contributed by atoms with Gasteiger partial charge in [0.1, 0.15) is 12.1 Å². The molecule has 3 atom stereocenters. The molecule has 35 nitrogen and oxygen atoms in total. The van der Waals surface area contributed by atoms with Gasteiger partial charge in [0.25, 0.3) is 11.8 Å². The van der Waals surface area contributed by atoms with Gasteiger partial charge in [0.15, 0.2) is 11.6 Å². The number of imide groups is 2. The minimum absolute atomic E-state index is 0.0148. The van der Waals surface area contributed by atoms with Crippen LogP contribution in [0.5, 0.6) is 0 Å². The van der Waals surface area contributed by atoms with Crippen LogP contribution in [0.25, 0.3) is 0 Å². The lowest BCUT2D eigenvalue weighted by Crippen LogP contribution is -2.53. The van der Waals surface area contributed by atoms with Crippen molar-refractivity contribution < 1.29 is 95.7 Å². The largest absolute Gasteiger partial charge is 0.379 e. The number of ketones is 2. The minimum Gasteiger partial charge on any atom is -0.379 e. The highest BCUT2D eigenvalue weighted by molar-refractivity contribution is 8.00. The molecular formula is C93H169N15O20S2. The predicted molar refractivity (Wildman–Crippen MR) is 511 cm³/mol. The van der Waals surface area contributed by atoms with Gasteiger partial charge in [-0.2, -0.15) is 12.6 Å². The second-order valence-electron chi connectivity index (χ2n) is 34.1. The molecule has 0 aliphatic carbocycles. The van der Waals surface area contributed by atoms with Crippen molar-refractivity contribution in [3.63, 3.8) is 0 Å². The quantitative estimate of drug-likeness (QED) is 0.0153. The van der Waals surface area contributed by atoms with Gasteiger partial charge in [-0.15, -0.1) is 11.8 Å². The smallest absolute Gasteiger partial charge is 0.315 e. The van der Waals surface area contributed by atoms with E-state index in [1.54, 1.807) is 27.7 Å². The van der Waals surface area contributed by atoms with Crippen LogP contribution in [0.2, 0.25) is 0 Å². The number of hydrogen-bond acceptors (Lipinski definition) is 23. The number of primary amides is 2. The first kappa shape index (κ1) is 122. The first-order valence-electron chi connectivity index (χ1n) is 48.3. The Morgan fingerprint density at radius 1 is 0.392 bits per heavy atom. The molecule has 2 aliphatic heterocycles. The van der Waals surface area contributed by atoms with E-state index in [9.17, 15) is 76.7 Å². The van der Waals surface area contributed by atoms with Crippen molar-refractivity contribution >= 4 is 119 Å². The molecule has 2 aliphatic rings. The van der Waals surface area contributed by atoms with Crippen LogP contribution in [0.3, 0.4) is 0 Å². The Kier molecular flexibility index (Phi) is 75.9. The molecule has 37 heteroatoms. The molecule has 0 saturated carbocycles. The number of ether oxygens (including phenoxy) is 4. The summed E-state index contributed by atoms with van der Waals surface area (Å²) in [7, 11) is 0. The Balaban J connectivity index is 0.00000220. The first-order chi connectivity index (χ1) is 62.3. The molecule has 0 radical (unpaired) electrons. The Bertz CT molecular complexity index is 3230. The van der Waals surface area contributed by atoms with Crippen LogP contribution in [0, 0.1) is 0 Å². The number of nitrogens with one attached hydrogen (secondary N) is 11. The highest BCUT2D eigenvalue weighted by atomic mass is 32.2. The Hall–Kier alpha value is -7.84. The number of carbonyl (C=O) groups excluding carboxylic acids is 16. The summed E-state index contributed by atoms with van der Waals surface area (Å²) in [6, 6.07) is -2.05. The monoisotopic (exact) mass is 1880 g/mol. The number of carbonyl (C=O) groups is 16. The molecule has 0 spiro atoms. The van der Waals surface area contributed by atoms with Crippen LogP contribution in [-0.2, 0) is 86.1 Å². The number of amides is 16. The highest BCUT2D eigenvalue weighted by Gasteiger charge is 2.39. The number of Topliss-reactive ketones (excluding diaryl/α,β-unsaturated/α-hetero) is 2. The van der Waals surface area contributed by atoms with Crippen LogP contribution in [0.4, 0.5) is 9.59 Å². The molecule has 16 amide bonds. The van der Waals surface area contributed by atoms with E-state index in [-0.39, 0.29) is 169 Å². The normalized spacial score (nSPS) is 13.4. The van der Waals surface area contributed by atoms with E-state index in [0.717, 1.165) is 100 Å². The van der Waals surface area contributed by atoms with Gasteiger partial charge in [-0.3, -0.25) is 76.9 Å². The summed E-state index contributed by atoms with van der Waals surface area (Å²) >= 11 is 5.68. The van der Waals surface area contributed by atoms with Crippen molar-refractivity contribution in [1.82, 2.24) is 68.3 Å². The molecule has 1 saturated heterocycles. The average molecular weight is 1880 g/mol. The summed E-state index contributed by atoms with van der Waals surface area (Å²) < 4.78 is 21.7. The molecule has 1 fully saturated rings. The highest BCUT2D eigenvalue weighted by Crippen LogP contribution is 2.27. The van der Waals surface area contributed by atoms with Crippen molar-refractivity contribution in [3.05, 3.63) is 12.2 Å². The minimum atomic E-state index is -0.902. The van der Waals surface area contributed by atoms with Crippen LogP contribution in [0.15, 0.2) is 12.2 Å². The molecule has 0 aromatic heterocycles. The summed E-state index contributed by atoms with van der Waals surface area (Å²) in [5, 5.41) is 30.2. The number of thiol groups is 1. The Morgan fingerprint density at radius 3 is 1.15 bits per heavy atom. The summed E-state index contributed by atoms with van der Waals surface area (Å²) in [4.78, 5) is 193. The van der Waals surface area contributed by atoms with Gasteiger partial charge in [-0.25, -0.2) is 9.59 Å². The second kappa shape index (κ2) is 80.8. The molecular weight excluding hydrogens is 1710 g/mol. The fraction of sp³-hybridized carbons (Fsp3) is 0.806. The standard InChI is InChI=1S/C46H84N8O10S.C32H55N5O8.C15H30N2O2S/c1-5-6-7-8-9-10-11-12-15-21-41(58)52-37(43(47)60)20-16-18-25-49-40(57)23-30-63-32-33-64-31-28-50-39(56)22-29-54-42(59)35-38(44(54)61)65-34-19-14-13-17-24-48-26-27-51-45(62)53-46(3,4)36(2)55;1-2-3-4-5-6-7-8-9-10-14-29(40)36-26(32(33)43)13-11-12-19-34-28(39)18-22-44-24-25-45-23-20-35-27(38)17-21-37-30(41)15-16-31(37)42;1-13(18)15(2,3)17-14(19)16-11-9-7-5-4-6-8-10-12-20/h37-38,48H,5-35H2,1-4H3,(H2,47,60)(H,49,57)(H,50,56)(H,52,58)(H2,51,53,62);15-16,26H,2-14,17-25H2,1H3,(H2,33,43)(H,34,39)(H,35,38)(H,36,40);20H,4-12H2,1-3H3,(H2,16,17,19). The maximum absolute atomic E-state index is 12.8. The van der Waals surface area contributed by atoms with Crippen LogP contribution in [0.1, 0.15) is 325 Å². The van der Waals surface area contributed by atoms with Crippen LogP contribution in [-0.4, -0.2) is 263 Å². The first-order valence-corrected chi connectivity index (χ1v) is 50.0. The van der Waals surface area contributed by atoms with Gasteiger partial charge in [0, 0.05) is 116 Å². The van der Waals surface area contributed by atoms with Crippen molar-refractivity contribution in [2.45, 2.75) is 353 Å². The van der Waals surface area contributed by atoms with Gasteiger partial charge in [0.2, 0.25) is 59.1 Å². The zero-order valence-corrected chi connectivity index (χ0v) is 82.0. The summed E-state index contributed by atoms with van der Waals surface area (Å²) in [6.07, 6.45) is 40.4. The number of thioether (sulfide) groups is 1. The lowest BCUT2D eigenvalue weighted by molar-refractivity contribution is -0.140. The second-order valence-corrected chi connectivity index (χ2v) is 35.9. The Morgan fingerprint density at radius 2 is 0.738 bits per heavy atom. The van der Waals surface area contributed by atoms with Crippen molar-refractivity contribution in [1.29, 1.82) is 0 Å². The number of unbranched alkanes of at least 4 members (excludes halogenated alkanes) is 27. The lowest BCUT2D eigenvalue weighted by Gasteiger charge is -2.23. The molecule has 3 unspecified atom stereocenters. The number of nitrogens with two attached hydrogens (primary N) is 2. The molecule has 2 heterocycles. The number of nitrogens with zero attached hydrogens (tertiary/aromatic N) is 2. The van der Waals surface area contributed by atoms with E-state index in [4.69, 9.17) is 30.4 Å². The van der Waals surface area contributed by atoms with Gasteiger partial charge >= 0.3 is 12.1 Å². The summed E-state index contributed by atoms with van der Waals surface area (Å²) in [6.45, 7) is 20.3. The molecule has 0 aromatic carbocycles. The van der Waals surface area contributed by atoms with Crippen LogP contribution < -0.4 is 70.0 Å². The molecule has 0 bridgehead atoms. The molecule has 2 rings (SSSR count). The van der Waals surface area contributed by atoms with E-state index in [2.05, 4.69) is 85.0 Å². The predicted octanol–water partition coefficient (Wildman–Crippen LogP) is 9.10. The van der Waals surface area contributed by atoms with E-state index in [0.29, 0.717) is 97.3 Å². The van der Waals surface area contributed by atoms with Gasteiger partial charge in [-0.1, -0.05) is 162 Å². The summed E-state index contributed by atoms with van der Waals surface area (Å²) in [5.74, 6) is -2.00. The zero-order valence-electron chi connectivity index (χ0n) is 80.3. The fourth-order valence-electron chi connectivity index (χ4n) is 13.1. The number of likely N-dealkylation sites (tertiary alicyclic amines) is 1. The van der Waals surface area contributed by atoms with Crippen molar-refractivity contribution in [2.75, 3.05) is 130 Å². The van der Waals surface area contributed by atoms with Crippen LogP contribution >= 0.6 is 24.4 Å². The topological polar surface area (TPSA) is 501 Å². The zero-order chi connectivity index (χ0) is 96.7. The fourth-order valence-corrected chi connectivity index (χ4v) is 14.5. The molecule has 0 aromatic rings. The molecule has 130 heavy (non-hydrogen) atoms. The third-order valence-corrected chi connectivity index (χ3v) is 23.4. The van der Waals surface area contributed by atoms with E-state index in [1.807, 2.05) is 0 Å². The maximum atomic E-state index is 12.8. The average Bonchev–Trinajstić information content (AvgIpc) is 1.69. The molecule has 15 N–H and O–H groups in total. The van der Waals surface area contributed by atoms with E-state index < -0.39 is 52.0 Å². The van der Waals surface area contributed by atoms with Gasteiger partial charge in [0.05, 0.1) is 69.2 Å². The van der Waals surface area contributed by atoms with Crippen molar-refractivity contribution in [2.24, 2.45) is 11.5 Å². The van der Waals surface area contributed by atoms with E-state index >= 15 is 0 Å². The third kappa shape index (κ3) is 70.0. The van der Waals surface area contributed by atoms with Crippen molar-refractivity contribution in [3.8, 4) is 0 Å². The lowest BCUT2D eigenvalue weighted by atomic mass is 10.0. The van der Waals surface area contributed by atoms with Gasteiger partial charge < -0.3 is 88.9 Å². The number of hydrogen-bond donors (Lipinski definition) is 14. The van der Waals surface area contributed by atoms with E-state index in [1.165, 1.54) is 152 Å². The third-order valence-electron chi connectivity index (χ3n) is 21.8. The maximum Gasteiger partial charge on any atom is 0.315 e. The SMILES string of the molecule is CC(=O)C(C)(C)NC(=O)NCCCCCCCCCS.CCCCCCCCCCCC(=O)NC(CCCCNC(=O)CCOCCOCCNC(=O)CCN1C(=O)C=CC1=O)C(N)=O.CCCCCCCCCCCC(=O)NC(CCCCNC(=O)CCOCCOCCNC(=O)CCN1C(=O)CC(SCCCCCCNCCNC(=O)NC(C)(C)C(C)=O)C1=O)C(N)=O. The Labute approximate surface area is 785 Å².